The van der Waals surface area contributed by atoms with E-state index < -0.39 is 24.0 Å². The predicted octanol–water partition coefficient (Wildman–Crippen LogP) is 2.50. The molecule has 0 aromatic heterocycles. The first kappa shape index (κ1) is 20.5. The monoisotopic (exact) mass is 350 g/mol. The Hall–Kier alpha value is -2.57. The van der Waals surface area contributed by atoms with Gasteiger partial charge < -0.3 is 14.8 Å². The Morgan fingerprint density at radius 2 is 1.72 bits per heavy atom. The first-order valence-electron chi connectivity index (χ1n) is 8.36. The van der Waals surface area contributed by atoms with Gasteiger partial charge in [-0.15, -0.1) is 0 Å². The molecular formula is C18H26N2O5. The van der Waals surface area contributed by atoms with Crippen LogP contribution in [0.2, 0.25) is 0 Å². The van der Waals surface area contributed by atoms with E-state index >= 15 is 0 Å². The second-order valence-electron chi connectivity index (χ2n) is 5.95. The normalized spacial score (nSPS) is 11.6. The highest BCUT2D eigenvalue weighted by atomic mass is 16.5. The van der Waals surface area contributed by atoms with Crippen LogP contribution in [-0.2, 0) is 9.53 Å². The lowest BCUT2D eigenvalue weighted by molar-refractivity contribution is -0.127. The van der Waals surface area contributed by atoms with Crippen LogP contribution in [-0.4, -0.2) is 37.2 Å². The van der Waals surface area contributed by atoms with Crippen LogP contribution in [0.4, 0.5) is 4.79 Å². The Bertz CT molecular complexity index is 584. The molecule has 7 nitrogen and oxygen atoms in total. The van der Waals surface area contributed by atoms with Crippen molar-refractivity contribution in [2.75, 3.05) is 13.2 Å². The minimum atomic E-state index is -1.09. The zero-order chi connectivity index (χ0) is 18.8. The van der Waals surface area contributed by atoms with Crippen molar-refractivity contribution in [2.24, 2.45) is 5.92 Å². The number of nitrogens with one attached hydrogen (secondary N) is 2. The van der Waals surface area contributed by atoms with Gasteiger partial charge in [-0.05, 0) is 50.5 Å². The highest BCUT2D eigenvalue weighted by molar-refractivity contribution is 5.98. The summed E-state index contributed by atoms with van der Waals surface area (Å²) in [4.78, 5) is 35.1. The Kier molecular flexibility index (Phi) is 8.46. The van der Waals surface area contributed by atoms with Gasteiger partial charge in [0.1, 0.15) is 5.75 Å². The molecule has 1 atom stereocenters. The van der Waals surface area contributed by atoms with Crippen LogP contribution in [0.15, 0.2) is 24.3 Å². The zero-order valence-corrected chi connectivity index (χ0v) is 15.1. The van der Waals surface area contributed by atoms with Gasteiger partial charge in [-0.1, -0.05) is 13.8 Å². The lowest BCUT2D eigenvalue weighted by atomic mass is 10.1. The fraction of sp³-hybridized carbons (Fsp3) is 0.500. The van der Waals surface area contributed by atoms with Crippen molar-refractivity contribution >= 4 is 17.9 Å². The van der Waals surface area contributed by atoms with Gasteiger partial charge in [0.25, 0.3) is 5.91 Å². The van der Waals surface area contributed by atoms with Crippen molar-refractivity contribution in [2.45, 2.75) is 40.2 Å². The van der Waals surface area contributed by atoms with E-state index in [1.165, 1.54) is 6.92 Å². The highest BCUT2D eigenvalue weighted by Gasteiger charge is 2.20. The van der Waals surface area contributed by atoms with Crippen LogP contribution >= 0.6 is 0 Å². The second kappa shape index (κ2) is 10.3. The lowest BCUT2D eigenvalue weighted by Crippen LogP contribution is -2.44. The van der Waals surface area contributed by atoms with Crippen molar-refractivity contribution in [1.82, 2.24) is 10.6 Å². The Labute approximate surface area is 148 Å². The summed E-state index contributed by atoms with van der Waals surface area (Å²) in [5, 5.41) is 4.51. The van der Waals surface area contributed by atoms with Crippen LogP contribution in [0.1, 0.15) is 44.5 Å². The summed E-state index contributed by atoms with van der Waals surface area (Å²) in [6.07, 6.45) is -0.140. The molecule has 0 aliphatic rings. The number of carbonyl (C=O) groups is 3. The highest BCUT2D eigenvalue weighted by Crippen LogP contribution is 2.14. The molecule has 0 unspecified atom stereocenters. The molecule has 0 heterocycles. The van der Waals surface area contributed by atoms with E-state index in [1.807, 2.05) is 0 Å². The molecule has 138 valence electrons. The van der Waals surface area contributed by atoms with Gasteiger partial charge >= 0.3 is 12.0 Å². The minimum Gasteiger partial charge on any atom is -0.494 e. The number of carbonyl (C=O) groups excluding carboxylic acids is 3. The quantitative estimate of drug-likeness (QED) is 0.703. The summed E-state index contributed by atoms with van der Waals surface area (Å²) in [5.41, 5.74) is 0.300. The second-order valence-corrected chi connectivity index (χ2v) is 5.95. The molecule has 0 aliphatic carbocycles. The summed E-state index contributed by atoms with van der Waals surface area (Å²) < 4.78 is 10.6. The van der Waals surface area contributed by atoms with Crippen LogP contribution in [0.3, 0.4) is 0 Å². The number of hydrogen-bond donors (Lipinski definition) is 2. The molecule has 3 amide bonds. The molecular weight excluding hydrogens is 324 g/mol. The number of amides is 3. The average molecular weight is 350 g/mol. The number of ether oxygens (including phenoxy) is 2. The Morgan fingerprint density at radius 1 is 1.08 bits per heavy atom. The van der Waals surface area contributed by atoms with E-state index in [9.17, 15) is 14.4 Å². The molecule has 7 heteroatoms. The molecule has 1 aromatic carbocycles. The van der Waals surface area contributed by atoms with Gasteiger partial charge in [0, 0.05) is 6.54 Å². The molecule has 1 rings (SSSR count). The van der Waals surface area contributed by atoms with Crippen molar-refractivity contribution < 1.29 is 23.9 Å². The van der Waals surface area contributed by atoms with E-state index in [-0.39, 0.29) is 0 Å². The molecule has 0 spiro atoms. The first-order valence-corrected chi connectivity index (χ1v) is 8.36. The molecule has 0 radical (unpaired) electrons. The molecule has 25 heavy (non-hydrogen) atoms. The standard InChI is InChI=1S/C18H26N2O5/c1-5-19-18(23)20-16(21)13(4)25-17(22)14-6-8-15(9-7-14)24-11-10-12(2)3/h6-9,12-13H,5,10-11H2,1-4H3,(H2,19,20,21,23)/t13-/m1/s1. The number of hydrogen-bond acceptors (Lipinski definition) is 5. The molecule has 0 aliphatic heterocycles. The topological polar surface area (TPSA) is 93.7 Å². The van der Waals surface area contributed by atoms with Crippen molar-refractivity contribution in [3.63, 3.8) is 0 Å². The zero-order valence-electron chi connectivity index (χ0n) is 15.1. The molecule has 2 N–H and O–H groups in total. The van der Waals surface area contributed by atoms with E-state index in [0.717, 1.165) is 6.42 Å². The maximum atomic E-state index is 12.0. The Morgan fingerprint density at radius 3 is 2.28 bits per heavy atom. The summed E-state index contributed by atoms with van der Waals surface area (Å²) in [7, 11) is 0. The third-order valence-corrected chi connectivity index (χ3v) is 3.28. The maximum absolute atomic E-state index is 12.0. The van der Waals surface area contributed by atoms with Crippen LogP contribution in [0, 0.1) is 5.92 Å². The summed E-state index contributed by atoms with van der Waals surface area (Å²) in [6.45, 7) is 8.36. The van der Waals surface area contributed by atoms with Crippen LogP contribution < -0.4 is 15.4 Å². The third-order valence-electron chi connectivity index (χ3n) is 3.28. The largest absolute Gasteiger partial charge is 0.494 e. The number of imide groups is 1. The summed E-state index contributed by atoms with van der Waals surface area (Å²) in [6, 6.07) is 5.87. The van der Waals surface area contributed by atoms with E-state index in [4.69, 9.17) is 9.47 Å². The fourth-order valence-electron chi connectivity index (χ4n) is 1.80. The van der Waals surface area contributed by atoms with Crippen LogP contribution in [0.25, 0.3) is 0 Å². The molecule has 0 bridgehead atoms. The van der Waals surface area contributed by atoms with Gasteiger partial charge in [0.05, 0.1) is 12.2 Å². The van der Waals surface area contributed by atoms with Gasteiger partial charge in [-0.2, -0.15) is 0 Å². The van der Waals surface area contributed by atoms with Gasteiger partial charge in [-0.25, -0.2) is 9.59 Å². The van der Waals surface area contributed by atoms with E-state index in [0.29, 0.717) is 30.4 Å². The first-order chi connectivity index (χ1) is 11.8. The van der Waals surface area contributed by atoms with Crippen molar-refractivity contribution in [3.8, 4) is 5.75 Å². The smallest absolute Gasteiger partial charge is 0.338 e. The SMILES string of the molecule is CCNC(=O)NC(=O)[C@@H](C)OC(=O)c1ccc(OCCC(C)C)cc1. The van der Waals surface area contributed by atoms with Gasteiger partial charge in [0.2, 0.25) is 0 Å². The molecule has 0 saturated heterocycles. The third kappa shape index (κ3) is 7.69. The maximum Gasteiger partial charge on any atom is 0.338 e. The molecule has 0 fully saturated rings. The van der Waals surface area contributed by atoms with Gasteiger partial charge in [0.15, 0.2) is 6.10 Å². The number of rotatable bonds is 8. The lowest BCUT2D eigenvalue weighted by Gasteiger charge is -2.13. The van der Waals surface area contributed by atoms with Crippen molar-refractivity contribution in [1.29, 1.82) is 0 Å². The number of esters is 1. The number of benzene rings is 1. The Balaban J connectivity index is 2.50. The molecule has 1 aromatic rings. The van der Waals surface area contributed by atoms with Crippen LogP contribution in [0.5, 0.6) is 5.75 Å². The molecule has 0 saturated carbocycles. The fourth-order valence-corrected chi connectivity index (χ4v) is 1.80. The van der Waals surface area contributed by atoms with E-state index in [1.54, 1.807) is 31.2 Å². The van der Waals surface area contributed by atoms with E-state index in [2.05, 4.69) is 24.5 Å². The number of urea groups is 1. The average Bonchev–Trinajstić information content (AvgIpc) is 2.55. The summed E-state index contributed by atoms with van der Waals surface area (Å²) in [5.74, 6) is -0.110. The predicted molar refractivity (Wildman–Crippen MR) is 93.5 cm³/mol. The minimum absolute atomic E-state index is 0.300. The van der Waals surface area contributed by atoms with Crippen molar-refractivity contribution in [3.05, 3.63) is 29.8 Å². The summed E-state index contributed by atoms with van der Waals surface area (Å²) >= 11 is 0. The van der Waals surface area contributed by atoms with Gasteiger partial charge in [-0.3, -0.25) is 10.1 Å².